The molecule has 0 bridgehead atoms. The lowest BCUT2D eigenvalue weighted by atomic mass is 9.96. The number of aryl methyl sites for hydroxylation is 1. The topological polar surface area (TPSA) is 44.1 Å². The van der Waals surface area contributed by atoms with Crippen molar-refractivity contribution in [2.24, 2.45) is 0 Å². The van der Waals surface area contributed by atoms with E-state index in [1.54, 1.807) is 0 Å². The monoisotopic (exact) mass is 248 g/mol. The standard InChI is InChI=1S/C14H20N2O2/c1-2-18-14(17)8-9-16-11-13(10-15-16)12-6-4-3-5-7-12/h6,10-11H,2-5,7-9H2,1H3. The minimum Gasteiger partial charge on any atom is -0.466 e. The highest BCUT2D eigenvalue weighted by molar-refractivity contribution is 5.69. The molecule has 0 unspecified atom stereocenters. The van der Waals surface area contributed by atoms with E-state index in [0.717, 1.165) is 6.42 Å². The Morgan fingerprint density at radius 3 is 3.11 bits per heavy atom. The molecule has 1 aromatic heterocycles. The molecule has 1 aromatic rings. The van der Waals surface area contributed by atoms with Gasteiger partial charge in [-0.15, -0.1) is 0 Å². The Bertz CT molecular complexity index is 435. The predicted molar refractivity (Wildman–Crippen MR) is 69.9 cm³/mol. The first-order valence-corrected chi connectivity index (χ1v) is 6.67. The van der Waals surface area contributed by atoms with Crippen LogP contribution in [0.15, 0.2) is 18.5 Å². The first-order chi connectivity index (χ1) is 8.79. The number of rotatable bonds is 5. The van der Waals surface area contributed by atoms with Gasteiger partial charge in [-0.1, -0.05) is 6.08 Å². The molecule has 2 rings (SSSR count). The summed E-state index contributed by atoms with van der Waals surface area (Å²) in [5.41, 5.74) is 2.59. The summed E-state index contributed by atoms with van der Waals surface area (Å²) in [5.74, 6) is -0.161. The van der Waals surface area contributed by atoms with Gasteiger partial charge in [0, 0.05) is 11.8 Å². The molecule has 4 nitrogen and oxygen atoms in total. The molecule has 1 aliphatic carbocycles. The van der Waals surface area contributed by atoms with E-state index in [0.29, 0.717) is 19.6 Å². The second-order valence-corrected chi connectivity index (χ2v) is 4.52. The summed E-state index contributed by atoms with van der Waals surface area (Å²) in [7, 11) is 0. The third-order valence-electron chi connectivity index (χ3n) is 3.15. The molecule has 0 atom stereocenters. The molecule has 4 heteroatoms. The summed E-state index contributed by atoms with van der Waals surface area (Å²) in [6.45, 7) is 2.85. The maximum atomic E-state index is 11.3. The zero-order chi connectivity index (χ0) is 12.8. The molecule has 0 aliphatic heterocycles. The zero-order valence-corrected chi connectivity index (χ0v) is 10.9. The van der Waals surface area contributed by atoms with Crippen LogP contribution in [-0.4, -0.2) is 22.4 Å². The van der Waals surface area contributed by atoms with E-state index < -0.39 is 0 Å². The van der Waals surface area contributed by atoms with E-state index in [1.807, 2.05) is 24.0 Å². The van der Waals surface area contributed by atoms with Gasteiger partial charge >= 0.3 is 5.97 Å². The molecule has 0 saturated heterocycles. The molecule has 0 N–H and O–H groups in total. The molecule has 0 aromatic carbocycles. The number of ether oxygens (including phenoxy) is 1. The van der Waals surface area contributed by atoms with Crippen LogP contribution in [0, 0.1) is 0 Å². The highest BCUT2D eigenvalue weighted by Gasteiger charge is 2.09. The third kappa shape index (κ3) is 3.45. The molecule has 98 valence electrons. The summed E-state index contributed by atoms with van der Waals surface area (Å²) in [4.78, 5) is 11.3. The molecule has 1 heterocycles. The van der Waals surface area contributed by atoms with Crippen LogP contribution in [0.25, 0.3) is 5.57 Å². The SMILES string of the molecule is CCOC(=O)CCn1cc(C2=CCCCC2)cn1. The fourth-order valence-corrected chi connectivity index (χ4v) is 2.19. The lowest BCUT2D eigenvalue weighted by molar-refractivity contribution is -0.143. The second kappa shape index (κ2) is 6.38. The number of aromatic nitrogens is 2. The van der Waals surface area contributed by atoms with Crippen LogP contribution in [0.2, 0.25) is 0 Å². The fraction of sp³-hybridized carbons (Fsp3) is 0.571. The van der Waals surface area contributed by atoms with Gasteiger partial charge in [0.2, 0.25) is 0 Å². The van der Waals surface area contributed by atoms with Crippen molar-refractivity contribution in [3.8, 4) is 0 Å². The molecule has 0 radical (unpaired) electrons. The summed E-state index contributed by atoms with van der Waals surface area (Å²) in [6.07, 6.45) is 11.5. The van der Waals surface area contributed by atoms with Crippen molar-refractivity contribution < 1.29 is 9.53 Å². The maximum absolute atomic E-state index is 11.3. The average molecular weight is 248 g/mol. The van der Waals surface area contributed by atoms with Crippen molar-refractivity contribution in [3.63, 3.8) is 0 Å². The largest absolute Gasteiger partial charge is 0.466 e. The van der Waals surface area contributed by atoms with Crippen molar-refractivity contribution in [1.29, 1.82) is 0 Å². The third-order valence-corrected chi connectivity index (χ3v) is 3.15. The predicted octanol–water partition coefficient (Wildman–Crippen LogP) is 2.79. The fourth-order valence-electron chi connectivity index (χ4n) is 2.19. The summed E-state index contributed by atoms with van der Waals surface area (Å²) in [6, 6.07) is 0. The zero-order valence-electron chi connectivity index (χ0n) is 10.9. The molecule has 0 spiro atoms. The van der Waals surface area contributed by atoms with Crippen molar-refractivity contribution in [1.82, 2.24) is 9.78 Å². The van der Waals surface area contributed by atoms with Gasteiger partial charge in [-0.05, 0) is 38.2 Å². The van der Waals surface area contributed by atoms with Gasteiger partial charge in [-0.25, -0.2) is 0 Å². The smallest absolute Gasteiger partial charge is 0.307 e. The average Bonchev–Trinajstić information content (AvgIpc) is 2.87. The Labute approximate surface area is 108 Å². The highest BCUT2D eigenvalue weighted by Crippen LogP contribution is 2.26. The molecule has 0 amide bonds. The summed E-state index contributed by atoms with van der Waals surface area (Å²) < 4.78 is 6.72. The highest BCUT2D eigenvalue weighted by atomic mass is 16.5. The van der Waals surface area contributed by atoms with Crippen LogP contribution >= 0.6 is 0 Å². The van der Waals surface area contributed by atoms with E-state index in [-0.39, 0.29) is 5.97 Å². The van der Waals surface area contributed by atoms with Crippen LogP contribution in [0.1, 0.15) is 44.6 Å². The first-order valence-electron chi connectivity index (χ1n) is 6.67. The lowest BCUT2D eigenvalue weighted by Gasteiger charge is -2.10. The summed E-state index contributed by atoms with van der Waals surface area (Å²) in [5, 5.41) is 4.29. The normalized spacial score (nSPS) is 15.3. The Morgan fingerprint density at radius 1 is 1.50 bits per heavy atom. The number of hydrogen-bond donors (Lipinski definition) is 0. The quantitative estimate of drug-likeness (QED) is 0.753. The van der Waals surface area contributed by atoms with E-state index in [4.69, 9.17) is 4.74 Å². The van der Waals surface area contributed by atoms with E-state index in [1.165, 1.54) is 30.4 Å². The van der Waals surface area contributed by atoms with Crippen LogP contribution in [0.4, 0.5) is 0 Å². The number of nitrogens with zero attached hydrogens (tertiary/aromatic N) is 2. The van der Waals surface area contributed by atoms with Crippen LogP contribution in [0.5, 0.6) is 0 Å². The molecule has 18 heavy (non-hydrogen) atoms. The van der Waals surface area contributed by atoms with E-state index >= 15 is 0 Å². The Balaban J connectivity index is 1.90. The molecule has 0 fully saturated rings. The van der Waals surface area contributed by atoms with Crippen molar-refractivity contribution in [2.75, 3.05) is 6.61 Å². The van der Waals surface area contributed by atoms with Gasteiger partial charge < -0.3 is 4.74 Å². The van der Waals surface area contributed by atoms with Crippen molar-refractivity contribution in [3.05, 3.63) is 24.0 Å². The molecular formula is C14H20N2O2. The minimum atomic E-state index is -0.161. The lowest BCUT2D eigenvalue weighted by Crippen LogP contribution is -2.09. The Hall–Kier alpha value is -1.58. The van der Waals surface area contributed by atoms with E-state index in [2.05, 4.69) is 11.2 Å². The van der Waals surface area contributed by atoms with Crippen LogP contribution in [0.3, 0.4) is 0 Å². The number of carbonyl (C=O) groups excluding carboxylic acids is 1. The van der Waals surface area contributed by atoms with Gasteiger partial charge in [-0.3, -0.25) is 9.48 Å². The Morgan fingerprint density at radius 2 is 2.39 bits per heavy atom. The molecular weight excluding hydrogens is 228 g/mol. The van der Waals surface area contributed by atoms with Gasteiger partial charge in [0.1, 0.15) is 0 Å². The Kier molecular flexibility index (Phi) is 4.56. The molecule has 1 aliphatic rings. The summed E-state index contributed by atoms with van der Waals surface area (Å²) >= 11 is 0. The first kappa shape index (κ1) is 12.9. The van der Waals surface area contributed by atoms with Gasteiger partial charge in [-0.2, -0.15) is 5.10 Å². The number of hydrogen-bond acceptors (Lipinski definition) is 3. The van der Waals surface area contributed by atoms with Crippen LogP contribution in [-0.2, 0) is 16.1 Å². The molecule has 0 saturated carbocycles. The number of esters is 1. The van der Waals surface area contributed by atoms with Crippen molar-refractivity contribution >= 4 is 11.5 Å². The van der Waals surface area contributed by atoms with Crippen molar-refractivity contribution in [2.45, 2.75) is 45.6 Å². The van der Waals surface area contributed by atoms with E-state index in [9.17, 15) is 4.79 Å². The van der Waals surface area contributed by atoms with Crippen LogP contribution < -0.4 is 0 Å². The number of carbonyl (C=O) groups is 1. The number of allylic oxidation sites excluding steroid dienone is 2. The maximum Gasteiger partial charge on any atom is 0.307 e. The second-order valence-electron chi connectivity index (χ2n) is 4.52. The van der Waals surface area contributed by atoms with Gasteiger partial charge in [0.05, 0.1) is 25.8 Å². The minimum absolute atomic E-state index is 0.161. The van der Waals surface area contributed by atoms with Gasteiger partial charge in [0.15, 0.2) is 0 Å². The van der Waals surface area contributed by atoms with Gasteiger partial charge in [0.25, 0.3) is 0 Å².